The first-order valence-corrected chi connectivity index (χ1v) is 5.18. The van der Waals surface area contributed by atoms with Crippen LogP contribution in [0.4, 0.5) is 0 Å². The topological polar surface area (TPSA) is 55.1 Å². The minimum absolute atomic E-state index is 0.255. The summed E-state index contributed by atoms with van der Waals surface area (Å²) in [6, 6.07) is 8.61. The van der Waals surface area contributed by atoms with E-state index in [-0.39, 0.29) is 11.9 Å². The molecular formula is C12H18N2O. The summed E-state index contributed by atoms with van der Waals surface area (Å²) in [6.45, 7) is 4.77. The van der Waals surface area contributed by atoms with Crippen LogP contribution < -0.4 is 11.1 Å². The summed E-state index contributed by atoms with van der Waals surface area (Å²) in [5, 5.41) is 3.25. The number of carbonyl (C=O) groups is 1. The second-order valence-electron chi connectivity index (χ2n) is 3.80. The number of hydrogen-bond acceptors (Lipinski definition) is 2. The molecule has 15 heavy (non-hydrogen) atoms. The molecular weight excluding hydrogens is 188 g/mol. The molecule has 0 heterocycles. The highest BCUT2D eigenvalue weighted by Gasteiger charge is 2.04. The van der Waals surface area contributed by atoms with Crippen molar-refractivity contribution in [3.63, 3.8) is 0 Å². The number of nitrogens with one attached hydrogen (secondary N) is 1. The quantitative estimate of drug-likeness (QED) is 0.767. The number of primary amides is 1. The van der Waals surface area contributed by atoms with Gasteiger partial charge in [-0.1, -0.05) is 29.8 Å². The van der Waals surface area contributed by atoms with E-state index in [0.29, 0.717) is 13.0 Å². The lowest BCUT2D eigenvalue weighted by Gasteiger charge is -2.13. The van der Waals surface area contributed by atoms with Crippen molar-refractivity contribution in [1.29, 1.82) is 0 Å². The third kappa shape index (κ3) is 4.13. The number of aryl methyl sites for hydroxylation is 1. The molecule has 3 heteroatoms. The Balaban J connectivity index is 2.43. The predicted octanol–water partition coefficient (Wildman–Crippen LogP) is 1.52. The van der Waals surface area contributed by atoms with Crippen molar-refractivity contribution in [2.24, 2.45) is 5.73 Å². The van der Waals surface area contributed by atoms with Crippen LogP contribution in [-0.2, 0) is 4.79 Å². The molecule has 1 aromatic rings. The Morgan fingerprint density at radius 1 is 1.40 bits per heavy atom. The zero-order chi connectivity index (χ0) is 11.3. The Morgan fingerprint density at radius 3 is 2.53 bits per heavy atom. The van der Waals surface area contributed by atoms with Crippen LogP contribution in [0.15, 0.2) is 24.3 Å². The van der Waals surface area contributed by atoms with Crippen LogP contribution in [0.1, 0.15) is 30.5 Å². The van der Waals surface area contributed by atoms with E-state index in [0.717, 1.165) is 0 Å². The van der Waals surface area contributed by atoms with Crippen molar-refractivity contribution in [2.45, 2.75) is 26.3 Å². The maximum atomic E-state index is 10.5. The van der Waals surface area contributed by atoms with E-state index in [1.165, 1.54) is 11.1 Å². The normalized spacial score (nSPS) is 12.4. The van der Waals surface area contributed by atoms with E-state index < -0.39 is 0 Å². The molecule has 1 rings (SSSR count). The van der Waals surface area contributed by atoms with Crippen LogP contribution in [-0.4, -0.2) is 12.5 Å². The van der Waals surface area contributed by atoms with Gasteiger partial charge in [0.2, 0.25) is 5.91 Å². The molecule has 3 N–H and O–H groups in total. The summed E-state index contributed by atoms with van der Waals surface area (Å²) < 4.78 is 0. The molecule has 0 aliphatic heterocycles. The Morgan fingerprint density at radius 2 is 2.00 bits per heavy atom. The molecule has 82 valence electrons. The number of rotatable bonds is 5. The molecule has 1 aromatic carbocycles. The maximum absolute atomic E-state index is 10.5. The Bertz CT molecular complexity index is 319. The average molecular weight is 206 g/mol. The van der Waals surface area contributed by atoms with Gasteiger partial charge in [-0.05, 0) is 19.4 Å². The van der Waals surface area contributed by atoms with Gasteiger partial charge in [0, 0.05) is 19.0 Å². The smallest absolute Gasteiger partial charge is 0.218 e. The van der Waals surface area contributed by atoms with Gasteiger partial charge >= 0.3 is 0 Å². The van der Waals surface area contributed by atoms with Crippen molar-refractivity contribution in [3.8, 4) is 0 Å². The summed E-state index contributed by atoms with van der Waals surface area (Å²) in [4.78, 5) is 10.5. The lowest BCUT2D eigenvalue weighted by atomic mass is 10.1. The number of hydrogen-bond donors (Lipinski definition) is 2. The van der Waals surface area contributed by atoms with Gasteiger partial charge in [0.15, 0.2) is 0 Å². The van der Waals surface area contributed by atoms with Crippen LogP contribution in [0.5, 0.6) is 0 Å². The zero-order valence-electron chi connectivity index (χ0n) is 9.29. The number of benzene rings is 1. The van der Waals surface area contributed by atoms with Crippen molar-refractivity contribution < 1.29 is 4.79 Å². The fourth-order valence-corrected chi connectivity index (χ4v) is 1.38. The van der Waals surface area contributed by atoms with E-state index in [1.807, 2.05) is 0 Å². The summed E-state index contributed by atoms with van der Waals surface area (Å²) in [5.74, 6) is -0.265. The van der Waals surface area contributed by atoms with Gasteiger partial charge in [-0.15, -0.1) is 0 Å². The third-order valence-corrected chi connectivity index (χ3v) is 2.40. The van der Waals surface area contributed by atoms with E-state index in [9.17, 15) is 4.79 Å². The van der Waals surface area contributed by atoms with Gasteiger partial charge in [-0.2, -0.15) is 0 Å². The molecule has 0 saturated carbocycles. The highest BCUT2D eigenvalue weighted by Crippen LogP contribution is 2.12. The Hall–Kier alpha value is -1.35. The third-order valence-electron chi connectivity index (χ3n) is 2.40. The summed E-state index contributed by atoms with van der Waals surface area (Å²) >= 11 is 0. The zero-order valence-corrected chi connectivity index (χ0v) is 9.29. The molecule has 3 nitrogen and oxygen atoms in total. The first-order valence-electron chi connectivity index (χ1n) is 5.18. The first kappa shape index (κ1) is 11.7. The fourth-order valence-electron chi connectivity index (χ4n) is 1.38. The number of carbonyl (C=O) groups excluding carboxylic acids is 1. The van der Waals surface area contributed by atoms with E-state index in [4.69, 9.17) is 5.73 Å². The molecule has 0 aliphatic carbocycles. The van der Waals surface area contributed by atoms with Crippen LogP contribution in [0.2, 0.25) is 0 Å². The molecule has 1 unspecified atom stereocenters. The van der Waals surface area contributed by atoms with E-state index in [2.05, 4.69) is 43.4 Å². The number of nitrogens with two attached hydrogens (primary N) is 1. The SMILES string of the molecule is Cc1ccc(C(C)NCCC(N)=O)cc1. The standard InChI is InChI=1S/C12H18N2O/c1-9-3-5-11(6-4-9)10(2)14-8-7-12(13)15/h3-6,10,14H,7-8H2,1-2H3,(H2,13,15). The molecule has 0 aliphatic rings. The summed E-state index contributed by atoms with van der Waals surface area (Å²) in [7, 11) is 0. The van der Waals surface area contributed by atoms with Gasteiger partial charge in [0.25, 0.3) is 0 Å². The highest BCUT2D eigenvalue weighted by atomic mass is 16.1. The van der Waals surface area contributed by atoms with Crippen molar-refractivity contribution in [1.82, 2.24) is 5.32 Å². The second-order valence-corrected chi connectivity index (χ2v) is 3.80. The van der Waals surface area contributed by atoms with Gasteiger partial charge in [-0.3, -0.25) is 4.79 Å². The van der Waals surface area contributed by atoms with Crippen molar-refractivity contribution >= 4 is 5.91 Å². The number of amides is 1. The van der Waals surface area contributed by atoms with Crippen LogP contribution >= 0.6 is 0 Å². The van der Waals surface area contributed by atoms with Crippen molar-refractivity contribution in [3.05, 3.63) is 35.4 Å². The molecule has 1 amide bonds. The lowest BCUT2D eigenvalue weighted by Crippen LogP contribution is -2.24. The second kappa shape index (κ2) is 5.51. The summed E-state index contributed by atoms with van der Waals surface area (Å²) in [6.07, 6.45) is 0.385. The average Bonchev–Trinajstić information content (AvgIpc) is 2.18. The van der Waals surface area contributed by atoms with Gasteiger partial charge in [0.05, 0.1) is 0 Å². The van der Waals surface area contributed by atoms with Crippen molar-refractivity contribution in [2.75, 3.05) is 6.54 Å². The minimum atomic E-state index is -0.265. The largest absolute Gasteiger partial charge is 0.370 e. The fraction of sp³-hybridized carbons (Fsp3) is 0.417. The van der Waals surface area contributed by atoms with Gasteiger partial charge in [0.1, 0.15) is 0 Å². The monoisotopic (exact) mass is 206 g/mol. The molecule has 0 radical (unpaired) electrons. The van der Waals surface area contributed by atoms with Crippen LogP contribution in [0.25, 0.3) is 0 Å². The predicted molar refractivity (Wildman–Crippen MR) is 61.4 cm³/mol. The molecule has 0 aromatic heterocycles. The molecule has 0 fully saturated rings. The lowest BCUT2D eigenvalue weighted by molar-refractivity contribution is -0.117. The van der Waals surface area contributed by atoms with Crippen LogP contribution in [0, 0.1) is 6.92 Å². The van der Waals surface area contributed by atoms with Gasteiger partial charge < -0.3 is 11.1 Å². The van der Waals surface area contributed by atoms with Gasteiger partial charge in [-0.25, -0.2) is 0 Å². The Labute approximate surface area is 90.7 Å². The highest BCUT2D eigenvalue weighted by molar-refractivity contribution is 5.73. The summed E-state index contributed by atoms with van der Waals surface area (Å²) in [5.41, 5.74) is 7.54. The Kier molecular flexibility index (Phi) is 4.31. The van der Waals surface area contributed by atoms with E-state index >= 15 is 0 Å². The molecule has 0 saturated heterocycles. The minimum Gasteiger partial charge on any atom is -0.370 e. The molecule has 0 spiro atoms. The maximum Gasteiger partial charge on any atom is 0.218 e. The van der Waals surface area contributed by atoms with E-state index in [1.54, 1.807) is 0 Å². The molecule has 1 atom stereocenters. The molecule has 0 bridgehead atoms. The van der Waals surface area contributed by atoms with Crippen LogP contribution in [0.3, 0.4) is 0 Å². The first-order chi connectivity index (χ1) is 7.09.